The number of aryl methyl sites for hydroxylation is 2. The number of carbonyl (C=O) groups excluding carboxylic acids is 1. The number of hydrogen-bond donors (Lipinski definition) is 1. The highest BCUT2D eigenvalue weighted by atomic mass is 16.5. The third-order valence-electron chi connectivity index (χ3n) is 5.33. The Kier molecular flexibility index (Phi) is 5.55. The first kappa shape index (κ1) is 19.1. The molecule has 4 rings (SSSR count). The Hall–Kier alpha value is -3.22. The van der Waals surface area contributed by atoms with Gasteiger partial charge in [-0.25, -0.2) is 4.98 Å². The molecule has 0 saturated carbocycles. The van der Waals surface area contributed by atoms with E-state index in [2.05, 4.69) is 45.3 Å². The summed E-state index contributed by atoms with van der Waals surface area (Å²) in [5.74, 6) is 0.877. The van der Waals surface area contributed by atoms with Crippen molar-refractivity contribution in [1.29, 1.82) is 0 Å². The van der Waals surface area contributed by atoms with Crippen LogP contribution in [0.2, 0.25) is 0 Å². The van der Waals surface area contributed by atoms with E-state index in [0.717, 1.165) is 30.0 Å². The zero-order valence-electron chi connectivity index (χ0n) is 16.8. The summed E-state index contributed by atoms with van der Waals surface area (Å²) in [6.45, 7) is 6.54. The Morgan fingerprint density at radius 1 is 1.10 bits per heavy atom. The van der Waals surface area contributed by atoms with Crippen LogP contribution in [0.25, 0.3) is 11.4 Å². The van der Waals surface area contributed by atoms with Gasteiger partial charge in [0.25, 0.3) is 0 Å². The third-order valence-corrected chi connectivity index (χ3v) is 5.33. The molecule has 150 valence electrons. The molecule has 1 amide bonds. The second-order valence-corrected chi connectivity index (χ2v) is 7.47. The fraction of sp³-hybridized carbons (Fsp3) is 0.364. The Morgan fingerprint density at radius 3 is 2.72 bits per heavy atom. The number of carbonyl (C=O) groups is 1. The van der Waals surface area contributed by atoms with Crippen LogP contribution < -0.4 is 10.2 Å². The largest absolute Gasteiger partial charge is 0.357 e. The van der Waals surface area contributed by atoms with Gasteiger partial charge >= 0.3 is 11.8 Å². The van der Waals surface area contributed by atoms with Crippen LogP contribution in [-0.4, -0.2) is 34.1 Å². The normalized spacial score (nSPS) is 14.1. The minimum Gasteiger partial charge on any atom is -0.357 e. The first-order chi connectivity index (χ1) is 14.1. The van der Waals surface area contributed by atoms with Crippen molar-refractivity contribution in [3.63, 3.8) is 0 Å². The first-order valence-electron chi connectivity index (χ1n) is 9.99. The Morgan fingerprint density at radius 2 is 1.93 bits per heavy atom. The maximum absolute atomic E-state index is 12.4. The SMILES string of the molecule is Cc1ccc(CNC(=O)c2nc(-c3ccnc(N4CCCCC4)c3)no2)cc1C. The first-order valence-corrected chi connectivity index (χ1v) is 9.99. The van der Waals surface area contributed by atoms with Gasteiger partial charge in [0.1, 0.15) is 5.82 Å². The molecule has 0 aliphatic carbocycles. The fourth-order valence-electron chi connectivity index (χ4n) is 3.46. The van der Waals surface area contributed by atoms with Crippen LogP contribution in [0.1, 0.15) is 46.6 Å². The van der Waals surface area contributed by atoms with Gasteiger partial charge < -0.3 is 14.7 Å². The zero-order valence-corrected chi connectivity index (χ0v) is 16.8. The van der Waals surface area contributed by atoms with Crippen LogP contribution >= 0.6 is 0 Å². The highest BCUT2D eigenvalue weighted by Crippen LogP contribution is 2.23. The minimum absolute atomic E-state index is 0.0415. The molecule has 3 aromatic rings. The summed E-state index contributed by atoms with van der Waals surface area (Å²) in [6, 6.07) is 9.89. The number of benzene rings is 1. The molecule has 2 aromatic heterocycles. The van der Waals surface area contributed by atoms with E-state index in [-0.39, 0.29) is 11.8 Å². The van der Waals surface area contributed by atoms with Crippen LogP contribution in [0.15, 0.2) is 41.1 Å². The number of piperidine rings is 1. The molecule has 0 bridgehead atoms. The van der Waals surface area contributed by atoms with Crippen molar-refractivity contribution in [2.45, 2.75) is 39.7 Å². The topological polar surface area (TPSA) is 84.2 Å². The quantitative estimate of drug-likeness (QED) is 0.714. The van der Waals surface area contributed by atoms with Crippen molar-refractivity contribution < 1.29 is 9.32 Å². The summed E-state index contributed by atoms with van der Waals surface area (Å²) in [6.07, 6.45) is 5.37. The summed E-state index contributed by atoms with van der Waals surface area (Å²) < 4.78 is 5.19. The van der Waals surface area contributed by atoms with E-state index in [9.17, 15) is 4.79 Å². The monoisotopic (exact) mass is 391 g/mol. The maximum Gasteiger partial charge on any atom is 0.316 e. The Balaban J connectivity index is 1.43. The lowest BCUT2D eigenvalue weighted by atomic mass is 10.1. The van der Waals surface area contributed by atoms with Gasteiger partial charge in [-0.1, -0.05) is 23.4 Å². The van der Waals surface area contributed by atoms with Gasteiger partial charge in [-0.2, -0.15) is 4.98 Å². The number of aromatic nitrogens is 3. The van der Waals surface area contributed by atoms with Crippen LogP contribution in [0.5, 0.6) is 0 Å². The molecule has 1 aromatic carbocycles. The maximum atomic E-state index is 12.4. The van der Waals surface area contributed by atoms with E-state index >= 15 is 0 Å². The van der Waals surface area contributed by atoms with Crippen molar-refractivity contribution in [1.82, 2.24) is 20.4 Å². The standard InChI is InChI=1S/C22H25N5O2/c1-15-6-7-17(12-16(15)2)14-24-21(28)22-25-20(26-29-22)18-8-9-23-19(13-18)27-10-4-3-5-11-27/h6-9,12-13H,3-5,10-11,14H2,1-2H3,(H,24,28). The smallest absolute Gasteiger partial charge is 0.316 e. The molecule has 1 saturated heterocycles. The molecule has 0 radical (unpaired) electrons. The number of anilines is 1. The highest BCUT2D eigenvalue weighted by Gasteiger charge is 2.18. The summed E-state index contributed by atoms with van der Waals surface area (Å²) in [4.78, 5) is 23.4. The molecule has 7 heteroatoms. The van der Waals surface area contributed by atoms with Crippen LogP contribution in [0, 0.1) is 13.8 Å². The number of rotatable bonds is 5. The molecule has 1 fully saturated rings. The van der Waals surface area contributed by atoms with Gasteiger partial charge in [0, 0.05) is 31.4 Å². The summed E-state index contributed by atoms with van der Waals surface area (Å²) in [5.41, 5.74) is 4.24. The minimum atomic E-state index is -0.382. The van der Waals surface area contributed by atoms with E-state index < -0.39 is 0 Å². The van der Waals surface area contributed by atoms with Crippen molar-refractivity contribution in [2.75, 3.05) is 18.0 Å². The molecule has 1 aliphatic rings. The average Bonchev–Trinajstić information content (AvgIpc) is 3.26. The lowest BCUT2D eigenvalue weighted by Gasteiger charge is -2.27. The molecular weight excluding hydrogens is 366 g/mol. The molecule has 7 nitrogen and oxygen atoms in total. The van der Waals surface area contributed by atoms with Gasteiger partial charge in [-0.3, -0.25) is 4.79 Å². The van der Waals surface area contributed by atoms with Gasteiger partial charge in [0.05, 0.1) is 0 Å². The van der Waals surface area contributed by atoms with Crippen LogP contribution in [-0.2, 0) is 6.54 Å². The van der Waals surface area contributed by atoms with E-state index in [1.165, 1.54) is 30.4 Å². The van der Waals surface area contributed by atoms with Crippen molar-refractivity contribution in [3.05, 3.63) is 59.1 Å². The second-order valence-electron chi connectivity index (χ2n) is 7.47. The molecule has 29 heavy (non-hydrogen) atoms. The number of hydrogen-bond acceptors (Lipinski definition) is 6. The summed E-state index contributed by atoms with van der Waals surface area (Å²) in [7, 11) is 0. The Bertz CT molecular complexity index is 1010. The zero-order chi connectivity index (χ0) is 20.2. The van der Waals surface area contributed by atoms with Crippen molar-refractivity contribution >= 4 is 11.7 Å². The molecular formula is C22H25N5O2. The number of amides is 1. The second kappa shape index (κ2) is 8.43. The molecule has 1 N–H and O–H groups in total. The third kappa shape index (κ3) is 4.45. The van der Waals surface area contributed by atoms with Gasteiger partial charge in [-0.15, -0.1) is 0 Å². The van der Waals surface area contributed by atoms with E-state index in [0.29, 0.717) is 12.4 Å². The summed E-state index contributed by atoms with van der Waals surface area (Å²) >= 11 is 0. The van der Waals surface area contributed by atoms with Crippen molar-refractivity contribution in [2.24, 2.45) is 0 Å². The van der Waals surface area contributed by atoms with Crippen LogP contribution in [0.4, 0.5) is 5.82 Å². The number of nitrogens with one attached hydrogen (secondary N) is 1. The van der Waals surface area contributed by atoms with Gasteiger partial charge in [0.15, 0.2) is 0 Å². The predicted octanol–water partition coefficient (Wildman–Crippen LogP) is 3.67. The van der Waals surface area contributed by atoms with Crippen molar-refractivity contribution in [3.8, 4) is 11.4 Å². The number of nitrogens with zero attached hydrogens (tertiary/aromatic N) is 4. The lowest BCUT2D eigenvalue weighted by Crippen LogP contribution is -2.30. The van der Waals surface area contributed by atoms with E-state index in [1.54, 1.807) is 6.20 Å². The molecule has 0 spiro atoms. The predicted molar refractivity (Wildman–Crippen MR) is 111 cm³/mol. The fourth-order valence-corrected chi connectivity index (χ4v) is 3.46. The van der Waals surface area contributed by atoms with Gasteiger partial charge in [-0.05, 0) is 61.9 Å². The Labute approximate surface area is 170 Å². The summed E-state index contributed by atoms with van der Waals surface area (Å²) in [5, 5.41) is 6.82. The van der Waals surface area contributed by atoms with E-state index in [1.807, 2.05) is 24.3 Å². The van der Waals surface area contributed by atoms with Crippen LogP contribution in [0.3, 0.4) is 0 Å². The van der Waals surface area contributed by atoms with E-state index in [4.69, 9.17) is 4.52 Å². The molecule has 1 aliphatic heterocycles. The average molecular weight is 391 g/mol. The number of pyridine rings is 1. The van der Waals surface area contributed by atoms with Gasteiger partial charge in [0.2, 0.25) is 5.82 Å². The molecule has 0 atom stereocenters. The lowest BCUT2D eigenvalue weighted by molar-refractivity contribution is 0.0907. The highest BCUT2D eigenvalue weighted by molar-refractivity contribution is 5.89. The molecule has 3 heterocycles. The molecule has 0 unspecified atom stereocenters.